The number of hydrogen-bond acceptors (Lipinski definition) is 2. The van der Waals surface area contributed by atoms with E-state index in [9.17, 15) is 9.18 Å². The number of anilines is 1. The molecule has 0 fully saturated rings. The van der Waals surface area contributed by atoms with Crippen molar-refractivity contribution in [2.45, 2.75) is 6.54 Å². The number of fused-ring (bicyclic) bond motifs is 1. The number of nitrogens with zero attached hydrogens (tertiary/aromatic N) is 1. The van der Waals surface area contributed by atoms with Gasteiger partial charge < -0.3 is 27.0 Å². The molecule has 0 saturated carbocycles. The van der Waals surface area contributed by atoms with E-state index < -0.39 is 0 Å². The third kappa shape index (κ3) is 4.83. The first-order valence-corrected chi connectivity index (χ1v) is 9.24. The van der Waals surface area contributed by atoms with Gasteiger partial charge in [-0.2, -0.15) is 0 Å². The minimum Gasteiger partial charge on any atom is -1.00 e. The van der Waals surface area contributed by atoms with Crippen molar-refractivity contribution < 1.29 is 35.5 Å². The van der Waals surface area contributed by atoms with Crippen LogP contribution in [0.1, 0.15) is 15.9 Å². The molecule has 0 bridgehead atoms. The first kappa shape index (κ1) is 21.5. The van der Waals surface area contributed by atoms with Gasteiger partial charge in [0.25, 0.3) is 5.91 Å². The summed E-state index contributed by atoms with van der Waals surface area (Å²) < 4.78 is 20.9. The zero-order valence-corrected chi connectivity index (χ0v) is 17.9. The molecule has 0 spiro atoms. The molecular formula is C24H20BrFN2O2. The van der Waals surface area contributed by atoms with Gasteiger partial charge in [0.05, 0.1) is 18.4 Å². The Labute approximate surface area is 184 Å². The molecule has 1 N–H and O–H groups in total. The molecule has 0 radical (unpaired) electrons. The number of hydrogen-bond donors (Lipinski definition) is 1. The Hall–Kier alpha value is -3.25. The third-order valence-electron chi connectivity index (χ3n) is 4.77. The van der Waals surface area contributed by atoms with Crippen LogP contribution < -0.4 is 31.6 Å². The number of carbonyl (C=O) groups is 1. The summed E-state index contributed by atoms with van der Waals surface area (Å²) in [5.74, 6) is 0.364. The maximum absolute atomic E-state index is 13.8. The topological polar surface area (TPSA) is 42.2 Å². The standard InChI is InChI=1S/C24H19FN2O2.BrH/c1-29-22-9-8-17-14-19(7-6-18(17)15-22)24(28)26-21-10-12-27(13-11-21)16-20-4-2-3-5-23(20)25;/h2-15H,16H2,1H3;1H. The van der Waals surface area contributed by atoms with E-state index in [0.29, 0.717) is 23.4 Å². The molecule has 1 amide bonds. The molecule has 152 valence electrons. The van der Waals surface area contributed by atoms with Crippen LogP contribution >= 0.6 is 0 Å². The van der Waals surface area contributed by atoms with E-state index >= 15 is 0 Å². The highest BCUT2D eigenvalue weighted by atomic mass is 79.9. The Morgan fingerprint density at radius 3 is 2.40 bits per heavy atom. The lowest BCUT2D eigenvalue weighted by Crippen LogP contribution is -3.00. The summed E-state index contributed by atoms with van der Waals surface area (Å²) in [7, 11) is 1.63. The van der Waals surface area contributed by atoms with E-state index in [-0.39, 0.29) is 28.7 Å². The smallest absolute Gasteiger partial charge is 0.255 e. The second kappa shape index (κ2) is 9.50. The van der Waals surface area contributed by atoms with E-state index in [1.165, 1.54) is 6.07 Å². The molecule has 0 aliphatic carbocycles. The summed E-state index contributed by atoms with van der Waals surface area (Å²) in [6, 6.07) is 21.6. The van der Waals surface area contributed by atoms with E-state index in [4.69, 9.17) is 4.74 Å². The van der Waals surface area contributed by atoms with Crippen molar-refractivity contribution in [2.24, 2.45) is 0 Å². The van der Waals surface area contributed by atoms with E-state index in [1.807, 2.05) is 53.4 Å². The predicted molar refractivity (Wildman–Crippen MR) is 111 cm³/mol. The zero-order valence-electron chi connectivity index (χ0n) is 16.3. The number of halogens is 2. The Morgan fingerprint density at radius 1 is 0.967 bits per heavy atom. The molecule has 1 heterocycles. The van der Waals surface area contributed by atoms with Gasteiger partial charge in [-0.05, 0) is 47.2 Å². The number of benzene rings is 3. The van der Waals surface area contributed by atoms with Gasteiger partial charge >= 0.3 is 0 Å². The molecule has 0 saturated heterocycles. The summed E-state index contributed by atoms with van der Waals surface area (Å²) >= 11 is 0. The van der Waals surface area contributed by atoms with Gasteiger partial charge in [-0.1, -0.05) is 24.3 Å². The minimum atomic E-state index is -0.230. The fraction of sp³-hybridized carbons (Fsp3) is 0.0833. The number of carbonyl (C=O) groups excluding carboxylic acids is 1. The molecule has 4 rings (SSSR count). The van der Waals surface area contributed by atoms with Crippen molar-refractivity contribution in [1.29, 1.82) is 0 Å². The minimum absolute atomic E-state index is 0. The summed E-state index contributed by atoms with van der Waals surface area (Å²) in [6.45, 7) is 0.426. The van der Waals surface area contributed by atoms with Gasteiger partial charge in [0.15, 0.2) is 18.9 Å². The van der Waals surface area contributed by atoms with Crippen LogP contribution in [0.4, 0.5) is 10.1 Å². The highest BCUT2D eigenvalue weighted by Gasteiger charge is 2.10. The zero-order chi connectivity index (χ0) is 20.2. The number of aromatic nitrogens is 1. The quantitative estimate of drug-likeness (QED) is 0.453. The van der Waals surface area contributed by atoms with Gasteiger partial charge in [0.2, 0.25) is 0 Å². The second-order valence-electron chi connectivity index (χ2n) is 6.73. The molecular weight excluding hydrogens is 447 g/mol. The van der Waals surface area contributed by atoms with Crippen LogP contribution in [0.25, 0.3) is 10.8 Å². The molecule has 4 nitrogen and oxygen atoms in total. The first-order chi connectivity index (χ1) is 14.1. The number of rotatable bonds is 5. The van der Waals surface area contributed by atoms with Gasteiger partial charge in [-0.15, -0.1) is 0 Å². The molecule has 0 unspecified atom stereocenters. The molecule has 6 heteroatoms. The summed E-state index contributed by atoms with van der Waals surface area (Å²) in [4.78, 5) is 12.6. The Morgan fingerprint density at radius 2 is 1.67 bits per heavy atom. The van der Waals surface area contributed by atoms with Crippen molar-refractivity contribution in [2.75, 3.05) is 12.4 Å². The third-order valence-corrected chi connectivity index (χ3v) is 4.77. The van der Waals surface area contributed by atoms with Gasteiger partial charge in [0, 0.05) is 17.7 Å². The fourth-order valence-corrected chi connectivity index (χ4v) is 3.16. The van der Waals surface area contributed by atoms with Crippen molar-refractivity contribution in [3.8, 4) is 5.75 Å². The van der Waals surface area contributed by atoms with E-state index in [1.54, 1.807) is 37.4 Å². The van der Waals surface area contributed by atoms with Gasteiger partial charge in [0.1, 0.15) is 11.6 Å². The highest BCUT2D eigenvalue weighted by molar-refractivity contribution is 6.06. The number of amides is 1. The maximum atomic E-state index is 13.8. The van der Waals surface area contributed by atoms with Crippen molar-refractivity contribution in [1.82, 2.24) is 0 Å². The molecule has 0 aliphatic rings. The molecule has 1 aromatic heterocycles. The number of ether oxygens (including phenoxy) is 1. The lowest BCUT2D eigenvalue weighted by atomic mass is 10.1. The largest absolute Gasteiger partial charge is 1.00 e. The van der Waals surface area contributed by atoms with E-state index in [0.717, 1.165) is 16.5 Å². The van der Waals surface area contributed by atoms with Crippen LogP contribution in [0, 0.1) is 5.82 Å². The molecule has 3 aromatic carbocycles. The number of nitrogens with one attached hydrogen (secondary N) is 1. The number of pyridine rings is 1. The normalized spacial score (nSPS) is 10.3. The SMILES string of the molecule is COc1ccc2cc(C(=O)Nc3cc[n+](Cc4ccccc4F)cc3)ccc2c1.[Br-]. The van der Waals surface area contributed by atoms with E-state index in [2.05, 4.69) is 5.32 Å². The lowest BCUT2D eigenvalue weighted by Gasteiger charge is -2.07. The van der Waals surface area contributed by atoms with Gasteiger partial charge in [-0.25, -0.2) is 8.96 Å². The second-order valence-corrected chi connectivity index (χ2v) is 6.73. The summed E-state index contributed by atoms with van der Waals surface area (Å²) in [5, 5.41) is 4.87. The summed E-state index contributed by atoms with van der Waals surface area (Å²) in [6.07, 6.45) is 3.63. The Balaban J connectivity index is 0.00000256. The monoisotopic (exact) mass is 466 g/mol. The Kier molecular flexibility index (Phi) is 6.79. The van der Waals surface area contributed by atoms with Crippen molar-refractivity contribution in [3.05, 3.63) is 102 Å². The predicted octanol–water partition coefficient (Wildman–Crippen LogP) is 1.58. The lowest BCUT2D eigenvalue weighted by molar-refractivity contribution is -0.688. The van der Waals surface area contributed by atoms with Crippen LogP contribution in [0.5, 0.6) is 5.75 Å². The van der Waals surface area contributed by atoms with Crippen LogP contribution in [0.3, 0.4) is 0 Å². The van der Waals surface area contributed by atoms with Crippen molar-refractivity contribution >= 4 is 22.4 Å². The molecule has 30 heavy (non-hydrogen) atoms. The van der Waals surface area contributed by atoms with Crippen LogP contribution in [0.15, 0.2) is 85.2 Å². The molecule has 0 atom stereocenters. The highest BCUT2D eigenvalue weighted by Crippen LogP contribution is 2.22. The molecule has 0 aliphatic heterocycles. The van der Waals surface area contributed by atoms with Gasteiger partial charge in [-0.3, -0.25) is 4.79 Å². The maximum Gasteiger partial charge on any atom is 0.255 e. The van der Waals surface area contributed by atoms with Crippen LogP contribution in [-0.4, -0.2) is 13.0 Å². The number of methoxy groups -OCH3 is 1. The first-order valence-electron chi connectivity index (χ1n) is 9.24. The van der Waals surface area contributed by atoms with Crippen molar-refractivity contribution in [3.63, 3.8) is 0 Å². The fourth-order valence-electron chi connectivity index (χ4n) is 3.16. The molecule has 4 aromatic rings. The van der Waals surface area contributed by atoms with Crippen LogP contribution in [0.2, 0.25) is 0 Å². The Bertz CT molecular complexity index is 1180. The van der Waals surface area contributed by atoms with Crippen LogP contribution in [-0.2, 0) is 6.54 Å². The average Bonchev–Trinajstić information content (AvgIpc) is 2.76. The summed E-state index contributed by atoms with van der Waals surface area (Å²) in [5.41, 5.74) is 1.86. The average molecular weight is 467 g/mol.